The van der Waals surface area contributed by atoms with Gasteiger partial charge in [0.1, 0.15) is 6.33 Å². The number of carbonyl (C=O) groups is 2. The molecule has 0 saturated carbocycles. The van der Waals surface area contributed by atoms with Gasteiger partial charge in [0.25, 0.3) is 5.91 Å². The maximum absolute atomic E-state index is 12.5. The zero-order chi connectivity index (χ0) is 17.9. The number of aliphatic hydroxyl groups is 1. The molecule has 3 heterocycles. The van der Waals surface area contributed by atoms with Crippen LogP contribution in [0.1, 0.15) is 36.5 Å². The van der Waals surface area contributed by atoms with E-state index in [-0.39, 0.29) is 17.9 Å². The molecular weight excluding hydrogens is 322 g/mol. The van der Waals surface area contributed by atoms with Crippen molar-refractivity contribution < 1.29 is 14.7 Å². The molecule has 2 fully saturated rings. The third kappa shape index (κ3) is 4.52. The molecular formula is C17H25N5O3. The lowest BCUT2D eigenvalue weighted by atomic mass is 9.99. The average molecular weight is 347 g/mol. The van der Waals surface area contributed by atoms with Crippen LogP contribution in [0.5, 0.6) is 0 Å². The third-order valence-electron chi connectivity index (χ3n) is 4.94. The summed E-state index contributed by atoms with van der Waals surface area (Å²) in [6.45, 7) is 4.63. The van der Waals surface area contributed by atoms with E-state index in [1.54, 1.807) is 4.90 Å². The van der Waals surface area contributed by atoms with E-state index in [9.17, 15) is 14.7 Å². The van der Waals surface area contributed by atoms with Crippen LogP contribution in [0, 0.1) is 0 Å². The minimum atomic E-state index is -0.883. The monoisotopic (exact) mass is 347 g/mol. The van der Waals surface area contributed by atoms with Gasteiger partial charge in [-0.1, -0.05) is 0 Å². The summed E-state index contributed by atoms with van der Waals surface area (Å²) in [6, 6.07) is 0.225. The van der Waals surface area contributed by atoms with Gasteiger partial charge in [-0.3, -0.25) is 9.59 Å². The molecule has 1 unspecified atom stereocenters. The van der Waals surface area contributed by atoms with Crippen LogP contribution in [0.3, 0.4) is 0 Å². The summed E-state index contributed by atoms with van der Waals surface area (Å²) in [6.07, 6.45) is 6.73. The summed E-state index contributed by atoms with van der Waals surface area (Å²) in [5.74, 6) is -0.132. The van der Waals surface area contributed by atoms with E-state index in [1.807, 2.05) is 0 Å². The second-order valence-corrected chi connectivity index (χ2v) is 7.08. The summed E-state index contributed by atoms with van der Waals surface area (Å²) >= 11 is 0. The number of β-amino-alcohol motifs (C(OH)–C–C–N with tert-alkyl or cyclic N) is 1. The molecule has 2 aliphatic rings. The highest BCUT2D eigenvalue weighted by atomic mass is 16.3. The smallest absolute Gasteiger partial charge is 0.257 e. The normalized spacial score (nSPS) is 25.1. The van der Waals surface area contributed by atoms with Crippen molar-refractivity contribution in [1.82, 2.24) is 25.1 Å². The molecule has 3 rings (SSSR count). The number of likely N-dealkylation sites (tertiary alicyclic amines) is 2. The number of rotatable bonds is 4. The number of hydrogen-bond donors (Lipinski definition) is 2. The molecule has 8 heteroatoms. The summed E-state index contributed by atoms with van der Waals surface area (Å²) in [5.41, 5.74) is -0.436. The van der Waals surface area contributed by atoms with Gasteiger partial charge >= 0.3 is 0 Å². The van der Waals surface area contributed by atoms with Crippen LogP contribution in [-0.2, 0) is 4.79 Å². The first-order chi connectivity index (χ1) is 12.0. The van der Waals surface area contributed by atoms with Crippen molar-refractivity contribution in [2.24, 2.45) is 0 Å². The summed E-state index contributed by atoms with van der Waals surface area (Å²) in [7, 11) is 0. The van der Waals surface area contributed by atoms with Crippen LogP contribution in [0.15, 0.2) is 18.7 Å². The molecule has 25 heavy (non-hydrogen) atoms. The Bertz CT molecular complexity index is 618. The van der Waals surface area contributed by atoms with Crippen LogP contribution in [-0.4, -0.2) is 81.1 Å². The Balaban J connectivity index is 1.51. The Hall–Kier alpha value is -2.06. The fourth-order valence-corrected chi connectivity index (χ4v) is 3.69. The predicted octanol–water partition coefficient (Wildman–Crippen LogP) is -0.346. The van der Waals surface area contributed by atoms with E-state index in [1.165, 1.54) is 25.6 Å². The molecule has 2 N–H and O–H groups in total. The summed E-state index contributed by atoms with van der Waals surface area (Å²) < 4.78 is 0. The van der Waals surface area contributed by atoms with Gasteiger partial charge in [0, 0.05) is 51.5 Å². The number of nitrogens with zero attached hydrogens (tertiary/aromatic N) is 4. The number of hydrogen-bond acceptors (Lipinski definition) is 6. The van der Waals surface area contributed by atoms with Crippen molar-refractivity contribution in [2.45, 2.75) is 37.8 Å². The fraction of sp³-hybridized carbons (Fsp3) is 0.647. The maximum Gasteiger partial charge on any atom is 0.257 e. The van der Waals surface area contributed by atoms with Gasteiger partial charge in [0.05, 0.1) is 17.7 Å². The van der Waals surface area contributed by atoms with Gasteiger partial charge in [-0.25, -0.2) is 9.97 Å². The van der Waals surface area contributed by atoms with E-state index in [0.29, 0.717) is 31.6 Å². The predicted molar refractivity (Wildman–Crippen MR) is 90.8 cm³/mol. The maximum atomic E-state index is 12.5. The van der Waals surface area contributed by atoms with E-state index in [2.05, 4.69) is 20.2 Å². The number of carbonyl (C=O) groups excluding carboxylic acids is 2. The third-order valence-corrected chi connectivity index (χ3v) is 4.94. The summed E-state index contributed by atoms with van der Waals surface area (Å²) in [5, 5.41) is 13.8. The topological polar surface area (TPSA) is 98.7 Å². The van der Waals surface area contributed by atoms with Crippen molar-refractivity contribution in [1.29, 1.82) is 0 Å². The van der Waals surface area contributed by atoms with Gasteiger partial charge in [0.2, 0.25) is 5.91 Å². The molecule has 2 aliphatic heterocycles. The van der Waals surface area contributed by atoms with Crippen molar-refractivity contribution >= 4 is 11.8 Å². The lowest BCUT2D eigenvalue weighted by Gasteiger charge is -2.36. The number of aromatic nitrogens is 2. The standard InChI is InChI=1S/C17H25N5O3/c1-13(23)20-15-2-5-21(6-3-15)10-17(25)4-7-22(11-17)16(24)14-8-18-12-19-9-14/h8-9,12,15,25H,2-7,10-11H2,1H3,(H,20,23). The first kappa shape index (κ1) is 17.8. The van der Waals surface area contributed by atoms with Crippen molar-refractivity contribution in [2.75, 3.05) is 32.7 Å². The Morgan fingerprint density at radius 1 is 1.28 bits per heavy atom. The zero-order valence-corrected chi connectivity index (χ0v) is 14.5. The van der Waals surface area contributed by atoms with E-state index in [0.717, 1.165) is 25.9 Å². The molecule has 1 atom stereocenters. The number of nitrogens with one attached hydrogen (secondary N) is 1. The summed E-state index contributed by atoms with van der Waals surface area (Å²) in [4.78, 5) is 35.2. The highest BCUT2D eigenvalue weighted by Gasteiger charge is 2.40. The second-order valence-electron chi connectivity index (χ2n) is 7.08. The highest BCUT2D eigenvalue weighted by molar-refractivity contribution is 5.93. The molecule has 8 nitrogen and oxygen atoms in total. The highest BCUT2D eigenvalue weighted by Crippen LogP contribution is 2.25. The van der Waals surface area contributed by atoms with Crippen LogP contribution in [0.2, 0.25) is 0 Å². The van der Waals surface area contributed by atoms with Gasteiger partial charge in [-0.05, 0) is 19.3 Å². The first-order valence-electron chi connectivity index (χ1n) is 8.71. The molecule has 2 amide bonds. The quantitative estimate of drug-likeness (QED) is 0.773. The minimum absolute atomic E-state index is 0.00640. The van der Waals surface area contributed by atoms with Crippen LogP contribution in [0.25, 0.3) is 0 Å². The van der Waals surface area contributed by atoms with Crippen molar-refractivity contribution in [3.05, 3.63) is 24.3 Å². The second kappa shape index (κ2) is 7.45. The molecule has 1 aromatic rings. The molecule has 2 saturated heterocycles. The first-order valence-corrected chi connectivity index (χ1v) is 8.71. The van der Waals surface area contributed by atoms with E-state index in [4.69, 9.17) is 0 Å². The molecule has 1 aromatic heterocycles. The molecule has 136 valence electrons. The minimum Gasteiger partial charge on any atom is -0.387 e. The molecule has 0 bridgehead atoms. The average Bonchev–Trinajstić information content (AvgIpc) is 2.98. The largest absolute Gasteiger partial charge is 0.387 e. The van der Waals surface area contributed by atoms with E-state index < -0.39 is 5.60 Å². The van der Waals surface area contributed by atoms with Gasteiger partial charge in [-0.15, -0.1) is 0 Å². The zero-order valence-electron chi connectivity index (χ0n) is 14.5. The number of amides is 2. The lowest BCUT2D eigenvalue weighted by molar-refractivity contribution is -0.120. The molecule has 0 aliphatic carbocycles. The van der Waals surface area contributed by atoms with Crippen LogP contribution < -0.4 is 5.32 Å². The van der Waals surface area contributed by atoms with Crippen LogP contribution >= 0.6 is 0 Å². The van der Waals surface area contributed by atoms with Gasteiger partial charge in [0.15, 0.2) is 0 Å². The lowest BCUT2D eigenvalue weighted by Crippen LogP contribution is -2.50. The van der Waals surface area contributed by atoms with Crippen molar-refractivity contribution in [3.63, 3.8) is 0 Å². The SMILES string of the molecule is CC(=O)NC1CCN(CC2(O)CCN(C(=O)c3cncnc3)C2)CC1. The van der Waals surface area contributed by atoms with Crippen molar-refractivity contribution in [3.8, 4) is 0 Å². The Morgan fingerprint density at radius 2 is 1.96 bits per heavy atom. The Morgan fingerprint density at radius 3 is 2.60 bits per heavy atom. The van der Waals surface area contributed by atoms with Gasteiger partial charge in [-0.2, -0.15) is 0 Å². The molecule has 0 spiro atoms. The molecule has 0 radical (unpaired) electrons. The Labute approximate surface area is 147 Å². The Kier molecular flexibility index (Phi) is 5.29. The van der Waals surface area contributed by atoms with E-state index >= 15 is 0 Å². The van der Waals surface area contributed by atoms with Crippen LogP contribution in [0.4, 0.5) is 0 Å². The number of piperidine rings is 1. The molecule has 0 aromatic carbocycles. The fourth-order valence-electron chi connectivity index (χ4n) is 3.69. The van der Waals surface area contributed by atoms with Gasteiger partial charge < -0.3 is 20.2 Å².